The Morgan fingerprint density at radius 1 is 1.50 bits per heavy atom. The number of hydrogen-bond acceptors (Lipinski definition) is 5. The highest BCUT2D eigenvalue weighted by Crippen LogP contribution is 2.23. The predicted molar refractivity (Wildman–Crippen MR) is 65.6 cm³/mol. The van der Waals surface area contributed by atoms with E-state index in [0.29, 0.717) is 11.3 Å². The van der Waals surface area contributed by atoms with Gasteiger partial charge in [0.1, 0.15) is 18.5 Å². The summed E-state index contributed by atoms with van der Waals surface area (Å²) in [5.74, 6) is 0.418. The van der Waals surface area contributed by atoms with Gasteiger partial charge in [0.15, 0.2) is 0 Å². The van der Waals surface area contributed by atoms with Crippen molar-refractivity contribution in [2.24, 2.45) is 0 Å². The Bertz CT molecular complexity index is 439. The first kappa shape index (κ1) is 14.4. The molecule has 0 radical (unpaired) electrons. The first-order valence-electron chi connectivity index (χ1n) is 5.50. The molecule has 0 saturated heterocycles. The number of aliphatic hydroxyl groups excluding tert-OH is 1. The third kappa shape index (κ3) is 3.68. The van der Waals surface area contributed by atoms with Crippen LogP contribution in [0.25, 0.3) is 0 Å². The van der Waals surface area contributed by atoms with Crippen molar-refractivity contribution in [3.63, 3.8) is 0 Å². The van der Waals surface area contributed by atoms with Crippen LogP contribution in [0.2, 0.25) is 0 Å². The summed E-state index contributed by atoms with van der Waals surface area (Å²) in [7, 11) is 0. The maximum atomic E-state index is 10.6. The molecule has 0 spiro atoms. The molecule has 100 valence electrons. The molecular weight excluding hydrogens is 238 g/mol. The number of nitro groups is 1. The summed E-state index contributed by atoms with van der Waals surface area (Å²) in [4.78, 5) is 10.2. The van der Waals surface area contributed by atoms with Crippen molar-refractivity contribution in [3.05, 3.63) is 33.9 Å². The fourth-order valence-corrected chi connectivity index (χ4v) is 1.30. The average Bonchev–Trinajstić information content (AvgIpc) is 2.24. The van der Waals surface area contributed by atoms with Gasteiger partial charge in [-0.3, -0.25) is 10.1 Å². The van der Waals surface area contributed by atoms with Crippen LogP contribution in [-0.4, -0.2) is 33.4 Å². The minimum Gasteiger partial charge on any atom is -0.491 e. The quantitative estimate of drug-likeness (QED) is 0.613. The monoisotopic (exact) mass is 255 g/mol. The molecule has 6 nitrogen and oxygen atoms in total. The highest BCUT2D eigenvalue weighted by atomic mass is 16.6. The summed E-state index contributed by atoms with van der Waals surface area (Å²) in [5.41, 5.74) is -0.754. The molecule has 0 aromatic heterocycles. The second kappa shape index (κ2) is 5.32. The number of rotatable bonds is 5. The SMILES string of the molecule is Cc1cc(OCC(O)C(C)(C)O)ccc1[N+](=O)[O-]. The van der Waals surface area contributed by atoms with Gasteiger partial charge < -0.3 is 14.9 Å². The van der Waals surface area contributed by atoms with Crippen LogP contribution in [-0.2, 0) is 0 Å². The van der Waals surface area contributed by atoms with Gasteiger partial charge in [0.2, 0.25) is 0 Å². The highest BCUT2D eigenvalue weighted by Gasteiger charge is 2.25. The summed E-state index contributed by atoms with van der Waals surface area (Å²) >= 11 is 0. The lowest BCUT2D eigenvalue weighted by Crippen LogP contribution is -2.40. The van der Waals surface area contributed by atoms with Gasteiger partial charge in [-0.15, -0.1) is 0 Å². The third-order valence-corrected chi connectivity index (χ3v) is 2.59. The van der Waals surface area contributed by atoms with Crippen molar-refractivity contribution in [2.75, 3.05) is 6.61 Å². The summed E-state index contributed by atoms with van der Waals surface area (Å²) in [6.07, 6.45) is -1.03. The lowest BCUT2D eigenvalue weighted by Gasteiger charge is -2.24. The molecule has 0 aliphatic rings. The molecule has 6 heteroatoms. The molecule has 0 amide bonds. The number of benzene rings is 1. The molecular formula is C12H17NO5. The number of aliphatic hydroxyl groups is 2. The first-order valence-corrected chi connectivity index (χ1v) is 5.50. The van der Waals surface area contributed by atoms with E-state index in [1.807, 2.05) is 0 Å². The molecule has 1 aromatic carbocycles. The Kier molecular flexibility index (Phi) is 4.26. The van der Waals surface area contributed by atoms with Gasteiger partial charge in [-0.1, -0.05) is 0 Å². The zero-order valence-corrected chi connectivity index (χ0v) is 10.6. The lowest BCUT2D eigenvalue weighted by molar-refractivity contribution is -0.385. The molecule has 0 fully saturated rings. The average molecular weight is 255 g/mol. The Balaban J connectivity index is 2.70. The molecule has 18 heavy (non-hydrogen) atoms. The minimum atomic E-state index is -1.25. The van der Waals surface area contributed by atoms with Crippen molar-refractivity contribution in [2.45, 2.75) is 32.5 Å². The van der Waals surface area contributed by atoms with Crippen molar-refractivity contribution < 1.29 is 19.9 Å². The number of ether oxygens (including phenoxy) is 1. The third-order valence-electron chi connectivity index (χ3n) is 2.59. The Hall–Kier alpha value is -1.66. The summed E-state index contributed by atoms with van der Waals surface area (Å²) < 4.78 is 5.28. The van der Waals surface area contributed by atoms with Crippen LogP contribution in [0.3, 0.4) is 0 Å². The number of nitro benzene ring substituents is 1. The molecule has 0 saturated carbocycles. The fraction of sp³-hybridized carbons (Fsp3) is 0.500. The minimum absolute atomic E-state index is 0.0189. The van der Waals surface area contributed by atoms with Crippen molar-refractivity contribution in [1.82, 2.24) is 0 Å². The van der Waals surface area contributed by atoms with E-state index in [1.54, 1.807) is 6.92 Å². The van der Waals surface area contributed by atoms with Gasteiger partial charge in [0, 0.05) is 11.6 Å². The molecule has 2 N–H and O–H groups in total. The maximum absolute atomic E-state index is 10.6. The van der Waals surface area contributed by atoms with Crippen LogP contribution in [0.5, 0.6) is 5.75 Å². The van der Waals surface area contributed by atoms with E-state index in [4.69, 9.17) is 4.74 Å². The van der Waals surface area contributed by atoms with Gasteiger partial charge in [-0.05, 0) is 32.9 Å². The largest absolute Gasteiger partial charge is 0.491 e. The summed E-state index contributed by atoms with van der Waals surface area (Å²) in [6.45, 7) is 4.47. The number of nitrogens with zero attached hydrogens (tertiary/aromatic N) is 1. The van der Waals surface area contributed by atoms with Gasteiger partial charge in [-0.25, -0.2) is 0 Å². The Morgan fingerprint density at radius 2 is 2.11 bits per heavy atom. The Labute approximate surface area is 105 Å². The van der Waals surface area contributed by atoms with E-state index in [0.717, 1.165) is 0 Å². The van der Waals surface area contributed by atoms with Crippen molar-refractivity contribution in [3.8, 4) is 5.75 Å². The van der Waals surface area contributed by atoms with Crippen LogP contribution >= 0.6 is 0 Å². The second-order valence-electron chi connectivity index (χ2n) is 4.69. The standard InChI is InChI=1S/C12H17NO5/c1-8-6-9(4-5-10(8)13(16)17)18-7-11(14)12(2,3)15/h4-6,11,14-15H,7H2,1-3H3. The molecule has 0 aliphatic carbocycles. The van der Waals surface area contributed by atoms with Gasteiger partial charge in [0.25, 0.3) is 5.69 Å². The van der Waals surface area contributed by atoms with Crippen LogP contribution in [0.15, 0.2) is 18.2 Å². The highest BCUT2D eigenvalue weighted by molar-refractivity contribution is 5.44. The fourth-order valence-electron chi connectivity index (χ4n) is 1.30. The van der Waals surface area contributed by atoms with E-state index in [1.165, 1.54) is 32.0 Å². The molecule has 1 rings (SSSR count). The van der Waals surface area contributed by atoms with Gasteiger partial charge >= 0.3 is 0 Å². The van der Waals surface area contributed by atoms with E-state index in [9.17, 15) is 20.3 Å². The molecule has 0 heterocycles. The number of hydrogen-bond donors (Lipinski definition) is 2. The van der Waals surface area contributed by atoms with Crippen molar-refractivity contribution >= 4 is 5.69 Å². The zero-order valence-electron chi connectivity index (χ0n) is 10.6. The number of aryl methyl sites for hydroxylation is 1. The second-order valence-corrected chi connectivity index (χ2v) is 4.69. The van der Waals surface area contributed by atoms with Crippen LogP contribution in [0, 0.1) is 17.0 Å². The Morgan fingerprint density at radius 3 is 2.56 bits per heavy atom. The van der Waals surface area contributed by atoms with E-state index >= 15 is 0 Å². The lowest BCUT2D eigenvalue weighted by atomic mass is 10.0. The molecule has 0 bridgehead atoms. The van der Waals surface area contributed by atoms with Crippen LogP contribution in [0.1, 0.15) is 19.4 Å². The molecule has 0 aliphatic heterocycles. The first-order chi connectivity index (χ1) is 8.21. The van der Waals surface area contributed by atoms with E-state index in [2.05, 4.69) is 0 Å². The summed E-state index contributed by atoms with van der Waals surface area (Å²) in [6, 6.07) is 4.33. The molecule has 1 aromatic rings. The zero-order chi connectivity index (χ0) is 13.9. The van der Waals surface area contributed by atoms with Crippen LogP contribution < -0.4 is 4.74 Å². The predicted octanol–water partition coefficient (Wildman–Crippen LogP) is 1.41. The van der Waals surface area contributed by atoms with Gasteiger partial charge in [-0.2, -0.15) is 0 Å². The smallest absolute Gasteiger partial charge is 0.272 e. The topological polar surface area (TPSA) is 92.8 Å². The normalized spacial score (nSPS) is 13.2. The van der Waals surface area contributed by atoms with Crippen LogP contribution in [0.4, 0.5) is 5.69 Å². The van der Waals surface area contributed by atoms with Crippen molar-refractivity contribution in [1.29, 1.82) is 0 Å². The molecule has 1 unspecified atom stereocenters. The van der Waals surface area contributed by atoms with E-state index in [-0.39, 0.29) is 12.3 Å². The molecule has 1 atom stereocenters. The van der Waals surface area contributed by atoms with Gasteiger partial charge in [0.05, 0.1) is 10.5 Å². The van der Waals surface area contributed by atoms with E-state index < -0.39 is 16.6 Å². The maximum Gasteiger partial charge on any atom is 0.272 e. The summed E-state index contributed by atoms with van der Waals surface area (Å²) in [5, 5.41) is 29.7.